The van der Waals surface area contributed by atoms with Crippen LogP contribution in [0, 0.1) is 5.82 Å². The van der Waals surface area contributed by atoms with Crippen LogP contribution >= 0.6 is 15.9 Å². The van der Waals surface area contributed by atoms with Gasteiger partial charge in [-0.1, -0.05) is 15.9 Å². The van der Waals surface area contributed by atoms with Crippen molar-refractivity contribution in [1.29, 1.82) is 0 Å². The van der Waals surface area contributed by atoms with Crippen molar-refractivity contribution in [2.45, 2.75) is 0 Å². The van der Waals surface area contributed by atoms with Crippen LogP contribution in [-0.2, 0) is 0 Å². The van der Waals surface area contributed by atoms with E-state index in [1.165, 1.54) is 6.07 Å². The van der Waals surface area contributed by atoms with Gasteiger partial charge < -0.3 is 11.1 Å². The molecule has 0 spiro atoms. The van der Waals surface area contributed by atoms with Gasteiger partial charge in [-0.2, -0.15) is 0 Å². The van der Waals surface area contributed by atoms with E-state index in [4.69, 9.17) is 5.73 Å². The van der Waals surface area contributed by atoms with E-state index in [0.717, 1.165) is 15.4 Å². The van der Waals surface area contributed by atoms with Gasteiger partial charge in [0.05, 0.1) is 11.2 Å². The minimum atomic E-state index is -0.326. The number of hydrogen-bond acceptors (Lipinski definition) is 3. The highest BCUT2D eigenvalue weighted by molar-refractivity contribution is 9.10. The van der Waals surface area contributed by atoms with E-state index in [-0.39, 0.29) is 5.82 Å². The lowest BCUT2D eigenvalue weighted by Gasteiger charge is -2.08. The summed E-state index contributed by atoms with van der Waals surface area (Å²) >= 11 is 3.32. The van der Waals surface area contributed by atoms with E-state index in [2.05, 4.69) is 26.2 Å². The lowest BCUT2D eigenvalue weighted by atomic mass is 10.2. The summed E-state index contributed by atoms with van der Waals surface area (Å²) in [6.07, 6.45) is 0. The molecule has 0 aliphatic carbocycles. The largest absolute Gasteiger partial charge is 0.399 e. The molecule has 1 aromatic heterocycles. The Morgan fingerprint density at radius 3 is 2.75 bits per heavy atom. The second-order valence-electron chi connectivity index (χ2n) is 4.40. The fraction of sp³-hybridized carbons (Fsp3) is 0. The van der Waals surface area contributed by atoms with Gasteiger partial charge in [0.25, 0.3) is 0 Å². The fourth-order valence-electron chi connectivity index (χ4n) is 1.94. The number of pyridine rings is 1. The number of benzene rings is 2. The van der Waals surface area contributed by atoms with Crippen molar-refractivity contribution >= 4 is 44.0 Å². The average molecular weight is 332 g/mol. The number of nitrogens with two attached hydrogens (primary N) is 1. The Hall–Kier alpha value is -2.14. The summed E-state index contributed by atoms with van der Waals surface area (Å²) in [5.74, 6) is 0.256. The molecule has 5 heteroatoms. The van der Waals surface area contributed by atoms with Crippen LogP contribution in [0.3, 0.4) is 0 Å². The first-order valence-corrected chi connectivity index (χ1v) is 6.79. The van der Waals surface area contributed by atoms with E-state index < -0.39 is 0 Å². The van der Waals surface area contributed by atoms with Crippen LogP contribution in [0.1, 0.15) is 0 Å². The Morgan fingerprint density at radius 1 is 1.05 bits per heavy atom. The van der Waals surface area contributed by atoms with Gasteiger partial charge in [-0.3, -0.25) is 0 Å². The van der Waals surface area contributed by atoms with Crippen molar-refractivity contribution in [2.75, 3.05) is 11.1 Å². The standard InChI is InChI=1S/C15H11BrFN3/c16-10-2-4-12(17)14(8-10)20-15-6-1-9-7-11(18)3-5-13(9)19-15/h1-8H,18H2,(H,19,20). The lowest BCUT2D eigenvalue weighted by Crippen LogP contribution is -1.96. The zero-order chi connectivity index (χ0) is 14.1. The van der Waals surface area contributed by atoms with E-state index >= 15 is 0 Å². The lowest BCUT2D eigenvalue weighted by molar-refractivity contribution is 0.631. The maximum absolute atomic E-state index is 13.7. The predicted octanol–water partition coefficient (Wildman–Crippen LogP) is 4.46. The number of fused-ring (bicyclic) bond motifs is 1. The quantitative estimate of drug-likeness (QED) is 0.681. The Labute approximate surface area is 123 Å². The molecule has 100 valence electrons. The van der Waals surface area contributed by atoms with Crippen LogP contribution < -0.4 is 11.1 Å². The smallest absolute Gasteiger partial charge is 0.146 e. The first-order chi connectivity index (χ1) is 9.61. The molecule has 0 radical (unpaired) electrons. The van der Waals surface area contributed by atoms with Crippen LogP contribution in [0.25, 0.3) is 10.9 Å². The molecule has 0 saturated carbocycles. The minimum Gasteiger partial charge on any atom is -0.399 e. The average Bonchev–Trinajstić information content (AvgIpc) is 2.43. The van der Waals surface area contributed by atoms with Crippen molar-refractivity contribution in [3.8, 4) is 0 Å². The third-order valence-electron chi connectivity index (χ3n) is 2.90. The predicted molar refractivity (Wildman–Crippen MR) is 83.5 cm³/mol. The van der Waals surface area contributed by atoms with Gasteiger partial charge in [-0.05, 0) is 48.5 Å². The zero-order valence-electron chi connectivity index (χ0n) is 10.4. The van der Waals surface area contributed by atoms with Gasteiger partial charge >= 0.3 is 0 Å². The van der Waals surface area contributed by atoms with Crippen LogP contribution in [0.15, 0.2) is 53.0 Å². The molecule has 2 aromatic carbocycles. The third kappa shape index (κ3) is 2.58. The Kier molecular flexibility index (Phi) is 3.28. The number of hydrogen-bond donors (Lipinski definition) is 2. The first-order valence-electron chi connectivity index (χ1n) is 6.00. The van der Waals surface area contributed by atoms with E-state index in [9.17, 15) is 4.39 Å². The van der Waals surface area contributed by atoms with Gasteiger partial charge in [0.15, 0.2) is 0 Å². The first kappa shape index (κ1) is 12.9. The number of nitrogens with one attached hydrogen (secondary N) is 1. The summed E-state index contributed by atoms with van der Waals surface area (Å²) in [6.45, 7) is 0. The van der Waals surface area contributed by atoms with Crippen molar-refractivity contribution in [2.24, 2.45) is 0 Å². The molecular weight excluding hydrogens is 321 g/mol. The molecule has 3 rings (SSSR count). The number of anilines is 3. The number of nitrogens with zero attached hydrogens (tertiary/aromatic N) is 1. The van der Waals surface area contributed by atoms with Crippen LogP contribution in [-0.4, -0.2) is 4.98 Å². The molecule has 1 heterocycles. The summed E-state index contributed by atoms with van der Waals surface area (Å²) in [6, 6.07) is 13.9. The van der Waals surface area contributed by atoms with Gasteiger partial charge in [0.2, 0.25) is 0 Å². The molecule has 0 aliphatic heterocycles. The highest BCUT2D eigenvalue weighted by Gasteiger charge is 2.05. The maximum Gasteiger partial charge on any atom is 0.146 e. The third-order valence-corrected chi connectivity index (χ3v) is 3.40. The zero-order valence-corrected chi connectivity index (χ0v) is 12.0. The van der Waals surface area contributed by atoms with E-state index in [1.54, 1.807) is 24.3 Å². The Morgan fingerprint density at radius 2 is 1.90 bits per heavy atom. The molecule has 0 bridgehead atoms. The summed E-state index contributed by atoms with van der Waals surface area (Å²) in [5, 5.41) is 3.92. The number of halogens is 2. The van der Waals surface area contributed by atoms with E-state index in [0.29, 0.717) is 17.2 Å². The number of nitrogen functional groups attached to an aromatic ring is 1. The highest BCUT2D eigenvalue weighted by atomic mass is 79.9. The van der Waals surface area contributed by atoms with Gasteiger partial charge in [0, 0.05) is 15.5 Å². The van der Waals surface area contributed by atoms with Crippen molar-refractivity contribution in [3.63, 3.8) is 0 Å². The molecule has 20 heavy (non-hydrogen) atoms. The topological polar surface area (TPSA) is 50.9 Å². The molecule has 0 amide bonds. The van der Waals surface area contributed by atoms with Gasteiger partial charge in [-0.25, -0.2) is 9.37 Å². The normalized spacial score (nSPS) is 10.7. The number of aromatic nitrogens is 1. The SMILES string of the molecule is Nc1ccc2nc(Nc3cc(Br)ccc3F)ccc2c1. The molecule has 3 aromatic rings. The molecule has 0 saturated heterocycles. The van der Waals surface area contributed by atoms with Crippen molar-refractivity contribution < 1.29 is 4.39 Å². The maximum atomic E-state index is 13.7. The van der Waals surface area contributed by atoms with Crippen molar-refractivity contribution in [3.05, 3.63) is 58.8 Å². The molecule has 0 unspecified atom stereocenters. The second kappa shape index (κ2) is 5.09. The van der Waals surface area contributed by atoms with Gasteiger partial charge in [0.1, 0.15) is 11.6 Å². The van der Waals surface area contributed by atoms with E-state index in [1.807, 2.05) is 18.2 Å². The minimum absolute atomic E-state index is 0.326. The summed E-state index contributed by atoms with van der Waals surface area (Å²) in [5.41, 5.74) is 7.60. The summed E-state index contributed by atoms with van der Waals surface area (Å²) in [7, 11) is 0. The van der Waals surface area contributed by atoms with Gasteiger partial charge in [-0.15, -0.1) is 0 Å². The monoisotopic (exact) mass is 331 g/mol. The molecule has 0 fully saturated rings. The second-order valence-corrected chi connectivity index (χ2v) is 5.31. The van der Waals surface area contributed by atoms with Crippen LogP contribution in [0.4, 0.5) is 21.6 Å². The highest BCUT2D eigenvalue weighted by Crippen LogP contribution is 2.24. The molecular formula is C15H11BrFN3. The molecule has 3 nitrogen and oxygen atoms in total. The summed E-state index contributed by atoms with van der Waals surface area (Å²) < 4.78 is 14.5. The van der Waals surface area contributed by atoms with Crippen LogP contribution in [0.2, 0.25) is 0 Å². The Bertz CT molecular complexity index is 789. The summed E-state index contributed by atoms with van der Waals surface area (Å²) in [4.78, 5) is 4.43. The number of rotatable bonds is 2. The Balaban J connectivity index is 1.98. The fourth-order valence-corrected chi connectivity index (χ4v) is 2.31. The van der Waals surface area contributed by atoms with Crippen LogP contribution in [0.5, 0.6) is 0 Å². The molecule has 3 N–H and O–H groups in total. The van der Waals surface area contributed by atoms with Crippen molar-refractivity contribution in [1.82, 2.24) is 4.98 Å². The molecule has 0 atom stereocenters. The molecule has 0 aliphatic rings.